The van der Waals surface area contributed by atoms with Crippen LogP contribution in [0.4, 0.5) is 0 Å². The number of carbonyl (C=O) groups excluding carboxylic acids is 1. The molecular weight excluding hydrogens is 208 g/mol. The smallest absolute Gasteiger partial charge is 0.240 e. The first-order chi connectivity index (χ1) is 7.77. The molecule has 1 aliphatic rings. The third kappa shape index (κ3) is 1.89. The molecule has 1 heterocycles. The average Bonchev–Trinajstić information content (AvgIpc) is 2.70. The summed E-state index contributed by atoms with van der Waals surface area (Å²) in [5.74, 6) is 0.306. The van der Waals surface area contributed by atoms with E-state index in [4.69, 9.17) is 9.78 Å². The van der Waals surface area contributed by atoms with E-state index in [0.717, 1.165) is 6.42 Å². The summed E-state index contributed by atoms with van der Waals surface area (Å²) in [7, 11) is 0. The molecule has 1 aliphatic carbocycles. The van der Waals surface area contributed by atoms with E-state index >= 15 is 0 Å². The van der Waals surface area contributed by atoms with Crippen LogP contribution in [0.3, 0.4) is 0 Å². The molecule has 1 saturated carbocycles. The highest BCUT2D eigenvalue weighted by molar-refractivity contribution is 5.86. The van der Waals surface area contributed by atoms with Crippen LogP contribution in [0.25, 0.3) is 0 Å². The summed E-state index contributed by atoms with van der Waals surface area (Å²) in [4.78, 5) is 15.5. The molecule has 1 aromatic heterocycles. The molecule has 16 heavy (non-hydrogen) atoms. The number of amides is 1. The first-order valence-electron chi connectivity index (χ1n) is 5.22. The predicted molar refractivity (Wildman–Crippen MR) is 52.9 cm³/mol. The van der Waals surface area contributed by atoms with Gasteiger partial charge in [0.15, 0.2) is 6.33 Å². The minimum absolute atomic E-state index is 0.180. The van der Waals surface area contributed by atoms with Crippen molar-refractivity contribution < 1.29 is 9.32 Å². The van der Waals surface area contributed by atoms with Crippen LogP contribution in [-0.2, 0) is 11.2 Å². The normalized spacial score (nSPS) is 17.2. The molecular formula is C10H12N4O2. The molecule has 0 unspecified atom stereocenters. The summed E-state index contributed by atoms with van der Waals surface area (Å²) in [6.45, 7) is 0.421. The number of carbonyl (C=O) groups is 1. The first-order valence-corrected chi connectivity index (χ1v) is 5.22. The van der Waals surface area contributed by atoms with E-state index in [-0.39, 0.29) is 5.91 Å². The van der Waals surface area contributed by atoms with E-state index in [0.29, 0.717) is 31.7 Å². The SMILES string of the molecule is N#CC1(C(=O)NCCc2ncno2)CCC1. The lowest BCUT2D eigenvalue weighted by atomic mass is 9.69. The van der Waals surface area contributed by atoms with E-state index in [1.165, 1.54) is 6.33 Å². The second kappa shape index (κ2) is 4.31. The monoisotopic (exact) mass is 220 g/mol. The molecule has 0 atom stereocenters. The third-order valence-corrected chi connectivity index (χ3v) is 2.89. The minimum atomic E-state index is -0.783. The van der Waals surface area contributed by atoms with Gasteiger partial charge in [0.05, 0.1) is 6.07 Å². The summed E-state index contributed by atoms with van der Waals surface area (Å²) < 4.78 is 4.79. The van der Waals surface area contributed by atoms with Crippen molar-refractivity contribution in [3.63, 3.8) is 0 Å². The van der Waals surface area contributed by atoms with Crippen molar-refractivity contribution in [2.24, 2.45) is 5.41 Å². The molecule has 0 radical (unpaired) electrons. The van der Waals surface area contributed by atoms with Crippen LogP contribution in [-0.4, -0.2) is 22.6 Å². The maximum Gasteiger partial charge on any atom is 0.240 e. The molecule has 1 aromatic rings. The molecule has 2 rings (SSSR count). The van der Waals surface area contributed by atoms with Gasteiger partial charge in [-0.05, 0) is 19.3 Å². The average molecular weight is 220 g/mol. The molecule has 1 fully saturated rings. The van der Waals surface area contributed by atoms with Gasteiger partial charge in [-0.15, -0.1) is 0 Å². The number of nitriles is 1. The Balaban J connectivity index is 1.78. The van der Waals surface area contributed by atoms with Gasteiger partial charge in [-0.2, -0.15) is 10.2 Å². The fourth-order valence-electron chi connectivity index (χ4n) is 1.68. The number of nitrogens with zero attached hydrogens (tertiary/aromatic N) is 3. The Labute approximate surface area is 92.6 Å². The number of rotatable bonds is 4. The lowest BCUT2D eigenvalue weighted by Gasteiger charge is -2.33. The summed E-state index contributed by atoms with van der Waals surface area (Å²) in [5, 5.41) is 15.1. The molecule has 84 valence electrons. The Hall–Kier alpha value is -1.90. The molecule has 0 aromatic carbocycles. The Bertz CT molecular complexity index is 403. The molecule has 0 spiro atoms. The minimum Gasteiger partial charge on any atom is -0.354 e. The molecule has 0 saturated heterocycles. The fourth-order valence-corrected chi connectivity index (χ4v) is 1.68. The van der Waals surface area contributed by atoms with Gasteiger partial charge in [0.1, 0.15) is 5.41 Å². The second-order valence-electron chi connectivity index (χ2n) is 3.89. The van der Waals surface area contributed by atoms with Crippen LogP contribution in [0.2, 0.25) is 0 Å². The van der Waals surface area contributed by atoms with E-state index in [2.05, 4.69) is 21.5 Å². The van der Waals surface area contributed by atoms with Gasteiger partial charge in [0.2, 0.25) is 11.8 Å². The standard InChI is InChI=1S/C10H12N4O2/c11-6-10(3-1-4-10)9(15)12-5-2-8-13-7-14-16-8/h7H,1-5H2,(H,12,15). The largest absolute Gasteiger partial charge is 0.354 e. The number of aromatic nitrogens is 2. The van der Waals surface area contributed by atoms with Gasteiger partial charge >= 0.3 is 0 Å². The highest BCUT2D eigenvalue weighted by Crippen LogP contribution is 2.40. The van der Waals surface area contributed by atoms with Gasteiger partial charge in [0, 0.05) is 13.0 Å². The lowest BCUT2D eigenvalue weighted by Crippen LogP contribution is -2.45. The summed E-state index contributed by atoms with van der Waals surface area (Å²) in [6, 6.07) is 2.09. The van der Waals surface area contributed by atoms with Crippen LogP contribution in [0, 0.1) is 16.7 Å². The fraction of sp³-hybridized carbons (Fsp3) is 0.600. The maximum atomic E-state index is 11.7. The van der Waals surface area contributed by atoms with E-state index in [1.54, 1.807) is 0 Å². The van der Waals surface area contributed by atoms with Crippen LogP contribution < -0.4 is 5.32 Å². The third-order valence-electron chi connectivity index (χ3n) is 2.89. The number of hydrogen-bond donors (Lipinski definition) is 1. The second-order valence-corrected chi connectivity index (χ2v) is 3.89. The summed E-state index contributed by atoms with van der Waals surface area (Å²) >= 11 is 0. The predicted octanol–water partition coefficient (Wildman–Crippen LogP) is 0.422. The van der Waals surface area contributed by atoms with Crippen molar-refractivity contribution in [1.29, 1.82) is 5.26 Å². The van der Waals surface area contributed by atoms with Gasteiger partial charge < -0.3 is 9.84 Å². The zero-order valence-corrected chi connectivity index (χ0v) is 8.77. The molecule has 6 heteroatoms. The topological polar surface area (TPSA) is 91.8 Å². The van der Waals surface area contributed by atoms with Crippen molar-refractivity contribution in [3.8, 4) is 6.07 Å². The maximum absolute atomic E-state index is 11.7. The molecule has 0 aliphatic heterocycles. The zero-order valence-electron chi connectivity index (χ0n) is 8.77. The van der Waals surface area contributed by atoms with Crippen molar-refractivity contribution >= 4 is 5.91 Å². The first kappa shape index (κ1) is 10.6. The van der Waals surface area contributed by atoms with Crippen LogP contribution in [0.15, 0.2) is 10.9 Å². The quantitative estimate of drug-likeness (QED) is 0.794. The summed E-state index contributed by atoms with van der Waals surface area (Å²) in [5.41, 5.74) is -0.783. The summed E-state index contributed by atoms with van der Waals surface area (Å²) in [6.07, 6.45) is 4.09. The molecule has 1 amide bonds. The van der Waals surface area contributed by atoms with Crippen molar-refractivity contribution in [3.05, 3.63) is 12.2 Å². The lowest BCUT2D eigenvalue weighted by molar-refractivity contribution is -0.131. The van der Waals surface area contributed by atoms with Gasteiger partial charge in [-0.1, -0.05) is 5.16 Å². The number of hydrogen-bond acceptors (Lipinski definition) is 5. The van der Waals surface area contributed by atoms with Crippen LogP contribution >= 0.6 is 0 Å². The molecule has 0 bridgehead atoms. The molecule has 1 N–H and O–H groups in total. The Kier molecular flexibility index (Phi) is 2.86. The van der Waals surface area contributed by atoms with Gasteiger partial charge in [0.25, 0.3) is 0 Å². The molecule has 6 nitrogen and oxygen atoms in total. The van der Waals surface area contributed by atoms with Gasteiger partial charge in [-0.3, -0.25) is 4.79 Å². The van der Waals surface area contributed by atoms with E-state index in [9.17, 15) is 4.79 Å². The van der Waals surface area contributed by atoms with Crippen molar-refractivity contribution in [2.75, 3.05) is 6.54 Å². The Morgan fingerprint density at radius 3 is 3.00 bits per heavy atom. The van der Waals surface area contributed by atoms with E-state index in [1.807, 2.05) is 0 Å². The van der Waals surface area contributed by atoms with Crippen LogP contribution in [0.5, 0.6) is 0 Å². The van der Waals surface area contributed by atoms with Crippen LogP contribution in [0.1, 0.15) is 25.2 Å². The van der Waals surface area contributed by atoms with Gasteiger partial charge in [-0.25, -0.2) is 0 Å². The Morgan fingerprint density at radius 1 is 1.69 bits per heavy atom. The van der Waals surface area contributed by atoms with Crippen molar-refractivity contribution in [2.45, 2.75) is 25.7 Å². The highest BCUT2D eigenvalue weighted by atomic mass is 16.5. The number of nitrogens with one attached hydrogen (secondary N) is 1. The zero-order chi connectivity index (χ0) is 11.4. The Morgan fingerprint density at radius 2 is 2.50 bits per heavy atom. The van der Waals surface area contributed by atoms with Crippen molar-refractivity contribution in [1.82, 2.24) is 15.5 Å². The highest BCUT2D eigenvalue weighted by Gasteiger charge is 2.44. The van der Waals surface area contributed by atoms with E-state index < -0.39 is 5.41 Å².